The molecule has 5 heteroatoms. The Hall–Kier alpha value is -2.04. The van der Waals surface area contributed by atoms with Crippen LogP contribution in [0.2, 0.25) is 0 Å². The molecule has 2 amide bonds. The van der Waals surface area contributed by atoms with Crippen molar-refractivity contribution in [2.24, 2.45) is 5.92 Å². The molecular weight excluding hydrogens is 256 g/mol. The lowest BCUT2D eigenvalue weighted by Crippen LogP contribution is -2.48. The summed E-state index contributed by atoms with van der Waals surface area (Å²) < 4.78 is 0. The number of carboxylic acids is 1. The predicted molar refractivity (Wildman–Crippen MR) is 77.4 cm³/mol. The van der Waals surface area contributed by atoms with Gasteiger partial charge in [-0.25, -0.2) is 9.59 Å². The summed E-state index contributed by atoms with van der Waals surface area (Å²) in [6.45, 7) is 6.07. The van der Waals surface area contributed by atoms with Crippen LogP contribution in [-0.2, 0) is 11.3 Å². The second-order valence-electron chi connectivity index (χ2n) is 5.01. The zero-order valence-electron chi connectivity index (χ0n) is 12.1. The third-order valence-corrected chi connectivity index (χ3v) is 3.34. The summed E-state index contributed by atoms with van der Waals surface area (Å²) in [6, 6.07) is 6.47. The zero-order valence-corrected chi connectivity index (χ0v) is 12.1. The van der Waals surface area contributed by atoms with Gasteiger partial charge in [-0.1, -0.05) is 50.1 Å². The van der Waals surface area contributed by atoms with Crippen LogP contribution in [0.1, 0.15) is 31.4 Å². The van der Waals surface area contributed by atoms with Crippen molar-refractivity contribution in [1.29, 1.82) is 0 Å². The molecule has 110 valence electrons. The Morgan fingerprint density at radius 3 is 2.35 bits per heavy atom. The molecule has 20 heavy (non-hydrogen) atoms. The van der Waals surface area contributed by atoms with Crippen LogP contribution in [0.5, 0.6) is 0 Å². The van der Waals surface area contributed by atoms with E-state index >= 15 is 0 Å². The van der Waals surface area contributed by atoms with Gasteiger partial charge in [-0.05, 0) is 18.4 Å². The standard InChI is InChI=1S/C15H22N2O3/c1-4-11(3)13(14(18)19)17-15(20)16-9-12-7-5-10(2)6-8-12/h5-8,11,13H,4,9H2,1-3H3,(H,18,19)(H2,16,17,20)/t11-,13+/m1/s1. The van der Waals surface area contributed by atoms with Crippen LogP contribution in [0.15, 0.2) is 24.3 Å². The maximum atomic E-state index is 11.7. The summed E-state index contributed by atoms with van der Waals surface area (Å²) in [4.78, 5) is 22.8. The lowest BCUT2D eigenvalue weighted by Gasteiger charge is -2.20. The van der Waals surface area contributed by atoms with Gasteiger partial charge in [0, 0.05) is 6.54 Å². The minimum absolute atomic E-state index is 0.113. The minimum atomic E-state index is -1.01. The Labute approximate surface area is 119 Å². The lowest BCUT2D eigenvalue weighted by molar-refractivity contribution is -0.140. The number of carbonyl (C=O) groups excluding carboxylic acids is 1. The first kappa shape index (κ1) is 16.0. The zero-order chi connectivity index (χ0) is 15.1. The monoisotopic (exact) mass is 278 g/mol. The summed E-state index contributed by atoms with van der Waals surface area (Å²) in [6.07, 6.45) is 0.690. The molecule has 2 atom stereocenters. The van der Waals surface area contributed by atoms with Crippen molar-refractivity contribution in [3.63, 3.8) is 0 Å². The van der Waals surface area contributed by atoms with Crippen LogP contribution in [0.25, 0.3) is 0 Å². The highest BCUT2D eigenvalue weighted by molar-refractivity contribution is 5.82. The first-order valence-corrected chi connectivity index (χ1v) is 6.76. The number of carboxylic acid groups (broad SMARTS) is 1. The second-order valence-corrected chi connectivity index (χ2v) is 5.01. The summed E-state index contributed by atoms with van der Waals surface area (Å²) in [5.74, 6) is -1.12. The first-order valence-electron chi connectivity index (χ1n) is 6.76. The Kier molecular flexibility index (Phi) is 6.03. The summed E-state index contributed by atoms with van der Waals surface area (Å²) in [7, 11) is 0. The average molecular weight is 278 g/mol. The van der Waals surface area contributed by atoms with Crippen molar-refractivity contribution in [1.82, 2.24) is 10.6 Å². The molecule has 0 fully saturated rings. The Morgan fingerprint density at radius 1 is 1.25 bits per heavy atom. The van der Waals surface area contributed by atoms with Gasteiger partial charge in [0.2, 0.25) is 0 Å². The van der Waals surface area contributed by atoms with Crippen LogP contribution in [0.3, 0.4) is 0 Å². The molecule has 0 aliphatic heterocycles. The second kappa shape index (κ2) is 7.53. The minimum Gasteiger partial charge on any atom is -0.480 e. The largest absolute Gasteiger partial charge is 0.480 e. The van der Waals surface area contributed by atoms with Gasteiger partial charge in [0.25, 0.3) is 0 Å². The highest BCUT2D eigenvalue weighted by Crippen LogP contribution is 2.08. The molecule has 0 aliphatic carbocycles. The molecule has 0 saturated heterocycles. The molecule has 5 nitrogen and oxygen atoms in total. The van der Waals surface area contributed by atoms with Crippen molar-refractivity contribution < 1.29 is 14.7 Å². The van der Waals surface area contributed by atoms with E-state index in [1.807, 2.05) is 38.1 Å². The molecule has 0 saturated carbocycles. The van der Waals surface area contributed by atoms with E-state index in [2.05, 4.69) is 10.6 Å². The van der Waals surface area contributed by atoms with Crippen LogP contribution in [0.4, 0.5) is 4.79 Å². The number of hydrogen-bond acceptors (Lipinski definition) is 2. The molecule has 0 aromatic heterocycles. The smallest absolute Gasteiger partial charge is 0.326 e. The molecule has 1 aromatic carbocycles. The third-order valence-electron chi connectivity index (χ3n) is 3.34. The van der Waals surface area contributed by atoms with Gasteiger partial charge >= 0.3 is 12.0 Å². The first-order chi connectivity index (χ1) is 9.43. The highest BCUT2D eigenvalue weighted by Gasteiger charge is 2.24. The number of carbonyl (C=O) groups is 2. The van der Waals surface area contributed by atoms with Crippen molar-refractivity contribution in [2.75, 3.05) is 0 Å². The lowest BCUT2D eigenvalue weighted by atomic mass is 9.99. The van der Waals surface area contributed by atoms with Crippen LogP contribution >= 0.6 is 0 Å². The van der Waals surface area contributed by atoms with Crippen molar-refractivity contribution in [3.8, 4) is 0 Å². The van der Waals surface area contributed by atoms with Gasteiger partial charge in [0.1, 0.15) is 6.04 Å². The number of aryl methyl sites for hydroxylation is 1. The fraction of sp³-hybridized carbons (Fsp3) is 0.467. The molecule has 0 aliphatic rings. The Bertz CT molecular complexity index is 457. The van der Waals surface area contributed by atoms with E-state index in [9.17, 15) is 9.59 Å². The maximum absolute atomic E-state index is 11.7. The number of urea groups is 1. The molecule has 0 bridgehead atoms. The molecule has 0 spiro atoms. The van der Waals surface area contributed by atoms with Gasteiger partial charge in [0.05, 0.1) is 0 Å². The molecule has 0 unspecified atom stereocenters. The molecule has 0 radical (unpaired) electrons. The number of nitrogens with one attached hydrogen (secondary N) is 2. The fourth-order valence-electron chi connectivity index (χ4n) is 1.76. The number of benzene rings is 1. The Morgan fingerprint density at radius 2 is 1.85 bits per heavy atom. The number of rotatable bonds is 6. The molecular formula is C15H22N2O3. The van der Waals surface area contributed by atoms with Gasteiger partial charge in [-0.2, -0.15) is 0 Å². The van der Waals surface area contributed by atoms with Crippen LogP contribution in [0, 0.1) is 12.8 Å². The quantitative estimate of drug-likeness (QED) is 0.747. The van der Waals surface area contributed by atoms with E-state index in [0.29, 0.717) is 13.0 Å². The topological polar surface area (TPSA) is 78.4 Å². The number of aliphatic carboxylic acids is 1. The van der Waals surface area contributed by atoms with E-state index in [-0.39, 0.29) is 5.92 Å². The van der Waals surface area contributed by atoms with Crippen LogP contribution < -0.4 is 10.6 Å². The predicted octanol–water partition coefficient (Wildman–Crippen LogP) is 2.29. The van der Waals surface area contributed by atoms with Crippen molar-refractivity contribution in [3.05, 3.63) is 35.4 Å². The van der Waals surface area contributed by atoms with Gasteiger partial charge < -0.3 is 15.7 Å². The number of hydrogen-bond donors (Lipinski definition) is 3. The molecule has 1 aromatic rings. The Balaban J connectivity index is 2.49. The maximum Gasteiger partial charge on any atom is 0.326 e. The summed E-state index contributed by atoms with van der Waals surface area (Å²) in [5.41, 5.74) is 2.13. The fourth-order valence-corrected chi connectivity index (χ4v) is 1.76. The van der Waals surface area contributed by atoms with E-state index in [1.165, 1.54) is 0 Å². The third kappa shape index (κ3) is 4.91. The normalized spacial score (nSPS) is 13.3. The van der Waals surface area contributed by atoms with E-state index in [0.717, 1.165) is 11.1 Å². The van der Waals surface area contributed by atoms with Crippen LogP contribution in [-0.4, -0.2) is 23.1 Å². The van der Waals surface area contributed by atoms with Gasteiger partial charge in [-0.15, -0.1) is 0 Å². The van der Waals surface area contributed by atoms with Crippen molar-refractivity contribution in [2.45, 2.75) is 39.8 Å². The summed E-state index contributed by atoms with van der Waals surface area (Å²) >= 11 is 0. The van der Waals surface area contributed by atoms with Gasteiger partial charge in [-0.3, -0.25) is 0 Å². The molecule has 0 heterocycles. The molecule has 3 N–H and O–H groups in total. The summed E-state index contributed by atoms with van der Waals surface area (Å²) in [5, 5.41) is 14.3. The SMILES string of the molecule is CC[C@@H](C)[C@H](NC(=O)NCc1ccc(C)cc1)C(=O)O. The average Bonchev–Trinajstić information content (AvgIpc) is 2.43. The van der Waals surface area contributed by atoms with E-state index in [1.54, 1.807) is 6.92 Å². The van der Waals surface area contributed by atoms with E-state index in [4.69, 9.17) is 5.11 Å². The van der Waals surface area contributed by atoms with E-state index < -0.39 is 18.0 Å². The van der Waals surface area contributed by atoms with Gasteiger partial charge in [0.15, 0.2) is 0 Å². The molecule has 1 rings (SSSR count). The highest BCUT2D eigenvalue weighted by atomic mass is 16.4. The van der Waals surface area contributed by atoms with Crippen molar-refractivity contribution >= 4 is 12.0 Å². The number of amides is 2.